The third kappa shape index (κ3) is 3.37. The molecule has 4 nitrogen and oxygen atoms in total. The molecule has 2 rings (SSSR count). The van der Waals surface area contributed by atoms with Crippen LogP contribution in [-0.2, 0) is 16.1 Å². The smallest absolute Gasteiger partial charge is 0.129 e. The molecule has 1 atom stereocenters. The molecule has 0 spiro atoms. The van der Waals surface area contributed by atoms with Crippen molar-refractivity contribution < 1.29 is 9.53 Å². The lowest BCUT2D eigenvalue weighted by Crippen LogP contribution is -2.42. The summed E-state index contributed by atoms with van der Waals surface area (Å²) in [4.78, 5) is 17.8. The first kappa shape index (κ1) is 13.2. The van der Waals surface area contributed by atoms with Crippen LogP contribution in [0.1, 0.15) is 18.5 Å². The third-order valence-electron chi connectivity index (χ3n) is 3.35. The zero-order valence-corrected chi connectivity index (χ0v) is 10.8. The topological polar surface area (TPSA) is 42.4 Å². The maximum atomic E-state index is 11.3. The molecular weight excluding hydrogens is 228 g/mol. The third-order valence-corrected chi connectivity index (χ3v) is 3.35. The fourth-order valence-corrected chi connectivity index (χ4v) is 2.49. The van der Waals surface area contributed by atoms with Gasteiger partial charge < -0.3 is 9.53 Å². The summed E-state index contributed by atoms with van der Waals surface area (Å²) in [5, 5.41) is 0. The highest BCUT2D eigenvalue weighted by molar-refractivity contribution is 5.60. The van der Waals surface area contributed by atoms with Crippen molar-refractivity contribution in [2.75, 3.05) is 26.8 Å². The van der Waals surface area contributed by atoms with E-state index in [1.165, 1.54) is 0 Å². The van der Waals surface area contributed by atoms with Crippen LogP contribution >= 0.6 is 0 Å². The van der Waals surface area contributed by atoms with Gasteiger partial charge in [0.05, 0.1) is 17.7 Å². The summed E-state index contributed by atoms with van der Waals surface area (Å²) in [5.41, 5.74) is 0.694. The number of ether oxygens (including phenoxy) is 1. The Labute approximate surface area is 108 Å². The summed E-state index contributed by atoms with van der Waals surface area (Å²) < 4.78 is 5.45. The zero-order valence-electron chi connectivity index (χ0n) is 10.8. The first-order valence-corrected chi connectivity index (χ1v) is 6.37. The average Bonchev–Trinajstić information content (AvgIpc) is 2.41. The van der Waals surface area contributed by atoms with E-state index in [2.05, 4.69) is 9.88 Å². The van der Waals surface area contributed by atoms with Gasteiger partial charge in [-0.1, -0.05) is 6.07 Å². The van der Waals surface area contributed by atoms with Crippen LogP contribution < -0.4 is 0 Å². The van der Waals surface area contributed by atoms with Gasteiger partial charge in [-0.2, -0.15) is 0 Å². The Morgan fingerprint density at radius 1 is 1.56 bits per heavy atom. The molecule has 0 radical (unpaired) electrons. The Morgan fingerprint density at radius 2 is 2.44 bits per heavy atom. The van der Waals surface area contributed by atoms with Crippen LogP contribution in [0.4, 0.5) is 0 Å². The van der Waals surface area contributed by atoms with Crippen molar-refractivity contribution in [2.45, 2.75) is 19.4 Å². The van der Waals surface area contributed by atoms with Crippen molar-refractivity contribution >= 4 is 6.29 Å². The number of pyridine rings is 1. The van der Waals surface area contributed by atoms with Crippen LogP contribution in [-0.4, -0.2) is 43.0 Å². The molecule has 0 amide bonds. The molecule has 98 valence electrons. The largest absolute Gasteiger partial charge is 0.380 e. The summed E-state index contributed by atoms with van der Waals surface area (Å²) in [6.45, 7) is 2.81. The Morgan fingerprint density at radius 3 is 3.06 bits per heavy atom. The van der Waals surface area contributed by atoms with Gasteiger partial charge in [0.15, 0.2) is 0 Å². The number of carbonyl (C=O) groups excluding carboxylic acids is 1. The lowest BCUT2D eigenvalue weighted by Gasteiger charge is -2.35. The van der Waals surface area contributed by atoms with Crippen LogP contribution in [0.15, 0.2) is 24.4 Å². The van der Waals surface area contributed by atoms with E-state index in [-0.39, 0.29) is 5.41 Å². The maximum Gasteiger partial charge on any atom is 0.129 e. The Kier molecular flexibility index (Phi) is 4.44. The molecule has 1 aliphatic rings. The first-order valence-electron chi connectivity index (χ1n) is 6.37. The lowest BCUT2D eigenvalue weighted by atomic mass is 9.83. The fourth-order valence-electron chi connectivity index (χ4n) is 2.49. The minimum Gasteiger partial charge on any atom is -0.380 e. The van der Waals surface area contributed by atoms with Gasteiger partial charge in [-0.05, 0) is 32.0 Å². The molecule has 0 aromatic carbocycles. The van der Waals surface area contributed by atoms with E-state index in [0.717, 1.165) is 44.5 Å². The van der Waals surface area contributed by atoms with Gasteiger partial charge in [-0.25, -0.2) is 0 Å². The molecule has 0 aliphatic carbocycles. The van der Waals surface area contributed by atoms with E-state index < -0.39 is 0 Å². The van der Waals surface area contributed by atoms with Gasteiger partial charge in [0.1, 0.15) is 6.29 Å². The van der Waals surface area contributed by atoms with Gasteiger partial charge >= 0.3 is 0 Å². The first-order chi connectivity index (χ1) is 8.74. The zero-order chi connectivity index (χ0) is 12.8. The molecule has 18 heavy (non-hydrogen) atoms. The number of hydrogen-bond acceptors (Lipinski definition) is 4. The Bertz CT molecular complexity index is 375. The summed E-state index contributed by atoms with van der Waals surface area (Å²) in [6.07, 6.45) is 4.75. The predicted molar refractivity (Wildman–Crippen MR) is 69.1 cm³/mol. The number of aldehydes is 1. The molecule has 1 saturated heterocycles. The molecule has 1 unspecified atom stereocenters. The molecule has 0 saturated carbocycles. The fraction of sp³-hybridized carbons (Fsp3) is 0.571. The minimum absolute atomic E-state index is 0.332. The summed E-state index contributed by atoms with van der Waals surface area (Å²) >= 11 is 0. The van der Waals surface area contributed by atoms with Gasteiger partial charge in [0.2, 0.25) is 0 Å². The quantitative estimate of drug-likeness (QED) is 0.741. The SMILES string of the molecule is CN(Cc1ccccn1)CC1(C=O)CCCOC1. The van der Waals surface area contributed by atoms with Gasteiger partial charge in [0.25, 0.3) is 0 Å². The minimum atomic E-state index is -0.332. The highest BCUT2D eigenvalue weighted by atomic mass is 16.5. The van der Waals surface area contributed by atoms with Crippen LogP contribution in [0.25, 0.3) is 0 Å². The van der Waals surface area contributed by atoms with Crippen molar-refractivity contribution in [3.63, 3.8) is 0 Å². The van der Waals surface area contributed by atoms with E-state index in [1.807, 2.05) is 25.2 Å². The number of nitrogens with zero attached hydrogens (tertiary/aromatic N) is 2. The van der Waals surface area contributed by atoms with Crippen LogP contribution in [0.3, 0.4) is 0 Å². The van der Waals surface area contributed by atoms with Crippen molar-refractivity contribution in [2.24, 2.45) is 5.41 Å². The number of carbonyl (C=O) groups is 1. The molecular formula is C14H20N2O2. The van der Waals surface area contributed by atoms with Crippen molar-refractivity contribution in [3.05, 3.63) is 30.1 Å². The molecule has 1 aliphatic heterocycles. The Balaban J connectivity index is 1.93. The summed E-state index contributed by atoms with van der Waals surface area (Å²) in [6, 6.07) is 5.89. The van der Waals surface area contributed by atoms with Crippen LogP contribution in [0.2, 0.25) is 0 Å². The maximum absolute atomic E-state index is 11.3. The lowest BCUT2D eigenvalue weighted by molar-refractivity contribution is -0.125. The van der Waals surface area contributed by atoms with Crippen molar-refractivity contribution in [3.8, 4) is 0 Å². The summed E-state index contributed by atoms with van der Waals surface area (Å²) in [5.74, 6) is 0. The summed E-state index contributed by atoms with van der Waals surface area (Å²) in [7, 11) is 2.02. The standard InChI is InChI=1S/C14H20N2O2/c1-16(9-13-5-2-3-7-15-13)10-14(11-17)6-4-8-18-12-14/h2-3,5,7,11H,4,6,8-10,12H2,1H3. The average molecular weight is 248 g/mol. The molecule has 0 N–H and O–H groups in total. The van der Waals surface area contributed by atoms with Crippen molar-refractivity contribution in [1.82, 2.24) is 9.88 Å². The highest BCUT2D eigenvalue weighted by Crippen LogP contribution is 2.27. The molecule has 4 heteroatoms. The second-order valence-corrected chi connectivity index (χ2v) is 5.13. The number of hydrogen-bond donors (Lipinski definition) is 0. The van der Waals surface area contributed by atoms with E-state index in [0.29, 0.717) is 6.61 Å². The number of rotatable bonds is 5. The molecule has 1 aromatic heterocycles. The van der Waals surface area contributed by atoms with E-state index in [9.17, 15) is 4.79 Å². The van der Waals surface area contributed by atoms with Gasteiger partial charge in [-0.3, -0.25) is 9.88 Å². The normalized spacial score (nSPS) is 24.1. The van der Waals surface area contributed by atoms with Gasteiger partial charge in [-0.15, -0.1) is 0 Å². The van der Waals surface area contributed by atoms with Crippen molar-refractivity contribution in [1.29, 1.82) is 0 Å². The van der Waals surface area contributed by atoms with E-state index in [1.54, 1.807) is 6.20 Å². The Hall–Kier alpha value is -1.26. The molecule has 2 heterocycles. The number of aromatic nitrogens is 1. The second-order valence-electron chi connectivity index (χ2n) is 5.13. The van der Waals surface area contributed by atoms with Crippen LogP contribution in [0.5, 0.6) is 0 Å². The molecule has 0 bridgehead atoms. The monoisotopic (exact) mass is 248 g/mol. The predicted octanol–water partition coefficient (Wildman–Crippen LogP) is 1.51. The molecule has 1 fully saturated rings. The van der Waals surface area contributed by atoms with E-state index >= 15 is 0 Å². The van der Waals surface area contributed by atoms with E-state index in [4.69, 9.17) is 4.74 Å². The second kappa shape index (κ2) is 6.07. The molecule has 1 aromatic rings. The van der Waals surface area contributed by atoms with Gasteiger partial charge in [0, 0.05) is 25.9 Å². The van der Waals surface area contributed by atoms with Crippen LogP contribution in [0, 0.1) is 5.41 Å². The highest BCUT2D eigenvalue weighted by Gasteiger charge is 2.33.